The lowest BCUT2D eigenvalue weighted by Gasteiger charge is -1.96. The Morgan fingerprint density at radius 2 is 1.80 bits per heavy atom. The largest absolute Gasteiger partial charge is 0.207 e. The van der Waals surface area contributed by atoms with Crippen LogP contribution in [0.5, 0.6) is 0 Å². The molecule has 0 amide bonds. The molecule has 0 atom stereocenters. The molecule has 0 saturated carbocycles. The number of halogens is 1. The number of aryl methyl sites for hydroxylation is 1. The van der Waals surface area contributed by atoms with Gasteiger partial charge in [0, 0.05) is 6.42 Å². The van der Waals surface area contributed by atoms with Gasteiger partial charge in [0.15, 0.2) is 0 Å². The van der Waals surface area contributed by atoms with Crippen LogP contribution < -0.4 is 0 Å². The van der Waals surface area contributed by atoms with Crippen molar-refractivity contribution in [3.05, 3.63) is 45.7 Å². The number of nitrogens with zero attached hydrogens (tertiary/aromatic N) is 2. The average Bonchev–Trinajstić information content (AvgIpc) is 2.69. The highest BCUT2D eigenvalue weighted by Crippen LogP contribution is 2.15. The van der Waals surface area contributed by atoms with Crippen molar-refractivity contribution in [1.29, 1.82) is 0 Å². The van der Waals surface area contributed by atoms with Gasteiger partial charge in [0.05, 0.1) is 0 Å². The van der Waals surface area contributed by atoms with E-state index in [1.165, 1.54) is 12.1 Å². The maximum absolute atomic E-state index is 12.7. The highest BCUT2D eigenvalue weighted by molar-refractivity contribution is 7.11. The Morgan fingerprint density at radius 1 is 1.13 bits per heavy atom. The molecular weight excluding hydrogens is 211 g/mol. The molecule has 4 heteroatoms. The Morgan fingerprint density at radius 3 is 2.40 bits per heavy atom. The topological polar surface area (TPSA) is 25.8 Å². The standard InChI is InChI=1S/C11H11FN2S/c1-2-10-13-14-11(15-10)7-8-3-5-9(12)6-4-8/h3-6H,2,7H2,1H3. The Labute approximate surface area is 91.8 Å². The van der Waals surface area contributed by atoms with E-state index < -0.39 is 0 Å². The SMILES string of the molecule is CCc1nnc(Cc2ccc(F)cc2)s1. The third-order valence-corrected chi connectivity index (χ3v) is 3.15. The molecule has 1 aromatic carbocycles. The zero-order valence-electron chi connectivity index (χ0n) is 8.40. The molecule has 0 saturated heterocycles. The van der Waals surface area contributed by atoms with E-state index in [2.05, 4.69) is 17.1 Å². The molecule has 15 heavy (non-hydrogen) atoms. The molecule has 0 bridgehead atoms. The third-order valence-electron chi connectivity index (χ3n) is 2.08. The second-order valence-electron chi connectivity index (χ2n) is 3.25. The van der Waals surface area contributed by atoms with Crippen molar-refractivity contribution in [3.8, 4) is 0 Å². The number of benzene rings is 1. The monoisotopic (exact) mass is 222 g/mol. The van der Waals surface area contributed by atoms with E-state index in [0.29, 0.717) is 0 Å². The molecule has 0 aliphatic heterocycles. The van der Waals surface area contributed by atoms with E-state index in [0.717, 1.165) is 28.4 Å². The molecule has 0 N–H and O–H groups in total. The van der Waals surface area contributed by atoms with Crippen LogP contribution in [-0.4, -0.2) is 10.2 Å². The summed E-state index contributed by atoms with van der Waals surface area (Å²) in [5.41, 5.74) is 1.07. The summed E-state index contributed by atoms with van der Waals surface area (Å²) in [4.78, 5) is 0. The van der Waals surface area contributed by atoms with E-state index in [1.807, 2.05) is 0 Å². The smallest absolute Gasteiger partial charge is 0.123 e. The van der Waals surface area contributed by atoms with Crippen molar-refractivity contribution in [3.63, 3.8) is 0 Å². The minimum Gasteiger partial charge on any atom is -0.207 e. The summed E-state index contributed by atoms with van der Waals surface area (Å²) in [7, 11) is 0. The van der Waals surface area contributed by atoms with Gasteiger partial charge in [0.1, 0.15) is 15.8 Å². The third kappa shape index (κ3) is 2.59. The minimum atomic E-state index is -0.203. The first-order valence-electron chi connectivity index (χ1n) is 4.83. The fourth-order valence-corrected chi connectivity index (χ4v) is 2.10. The summed E-state index contributed by atoms with van der Waals surface area (Å²) in [6.07, 6.45) is 1.65. The summed E-state index contributed by atoms with van der Waals surface area (Å²) < 4.78 is 12.7. The fourth-order valence-electron chi connectivity index (χ4n) is 1.28. The maximum Gasteiger partial charge on any atom is 0.123 e. The van der Waals surface area contributed by atoms with E-state index in [1.54, 1.807) is 23.5 Å². The quantitative estimate of drug-likeness (QED) is 0.798. The van der Waals surface area contributed by atoms with Crippen LogP contribution in [0.25, 0.3) is 0 Å². The molecule has 2 nitrogen and oxygen atoms in total. The Hall–Kier alpha value is -1.29. The lowest BCUT2D eigenvalue weighted by atomic mass is 10.2. The number of hydrogen-bond donors (Lipinski definition) is 0. The normalized spacial score (nSPS) is 10.5. The van der Waals surface area contributed by atoms with E-state index >= 15 is 0 Å². The summed E-state index contributed by atoms with van der Waals surface area (Å²) >= 11 is 1.62. The van der Waals surface area contributed by atoms with Crippen molar-refractivity contribution in [1.82, 2.24) is 10.2 Å². The van der Waals surface area contributed by atoms with Crippen LogP contribution in [-0.2, 0) is 12.8 Å². The molecule has 2 rings (SSSR count). The van der Waals surface area contributed by atoms with Crippen LogP contribution in [0.3, 0.4) is 0 Å². The lowest BCUT2D eigenvalue weighted by Crippen LogP contribution is -1.87. The molecule has 1 aromatic heterocycles. The molecule has 0 fully saturated rings. The number of aromatic nitrogens is 2. The highest BCUT2D eigenvalue weighted by atomic mass is 32.1. The van der Waals surface area contributed by atoms with Crippen molar-refractivity contribution in [2.75, 3.05) is 0 Å². The molecule has 0 radical (unpaired) electrons. The maximum atomic E-state index is 12.7. The number of hydrogen-bond acceptors (Lipinski definition) is 3. The minimum absolute atomic E-state index is 0.203. The highest BCUT2D eigenvalue weighted by Gasteiger charge is 2.03. The van der Waals surface area contributed by atoms with Crippen LogP contribution in [0.4, 0.5) is 4.39 Å². The summed E-state index contributed by atoms with van der Waals surface area (Å²) in [5.74, 6) is -0.203. The van der Waals surface area contributed by atoms with Crippen LogP contribution >= 0.6 is 11.3 Å². The predicted molar refractivity (Wildman–Crippen MR) is 58.5 cm³/mol. The second kappa shape index (κ2) is 4.49. The molecule has 78 valence electrons. The Kier molecular flexibility index (Phi) is 3.06. The molecule has 2 aromatic rings. The summed E-state index contributed by atoms with van der Waals surface area (Å²) in [5, 5.41) is 10.2. The molecule has 1 heterocycles. The molecule has 0 unspecified atom stereocenters. The van der Waals surface area contributed by atoms with Gasteiger partial charge in [0.2, 0.25) is 0 Å². The lowest BCUT2D eigenvalue weighted by molar-refractivity contribution is 0.627. The van der Waals surface area contributed by atoms with Gasteiger partial charge in [-0.3, -0.25) is 0 Å². The molecular formula is C11H11FN2S. The molecule has 0 spiro atoms. The fraction of sp³-hybridized carbons (Fsp3) is 0.273. The van der Waals surface area contributed by atoms with Crippen molar-refractivity contribution >= 4 is 11.3 Å². The zero-order chi connectivity index (χ0) is 10.7. The van der Waals surface area contributed by atoms with Gasteiger partial charge < -0.3 is 0 Å². The van der Waals surface area contributed by atoms with Gasteiger partial charge in [-0.05, 0) is 24.1 Å². The second-order valence-corrected chi connectivity index (χ2v) is 4.39. The van der Waals surface area contributed by atoms with Gasteiger partial charge in [-0.15, -0.1) is 21.5 Å². The van der Waals surface area contributed by atoms with Gasteiger partial charge in [0.25, 0.3) is 0 Å². The molecule has 0 aliphatic carbocycles. The van der Waals surface area contributed by atoms with E-state index in [-0.39, 0.29) is 5.82 Å². The van der Waals surface area contributed by atoms with Crippen LogP contribution in [0.1, 0.15) is 22.5 Å². The van der Waals surface area contributed by atoms with Gasteiger partial charge in [-0.1, -0.05) is 19.1 Å². The first-order chi connectivity index (χ1) is 7.28. The van der Waals surface area contributed by atoms with Gasteiger partial charge in [-0.2, -0.15) is 0 Å². The van der Waals surface area contributed by atoms with Crippen molar-refractivity contribution in [2.24, 2.45) is 0 Å². The first-order valence-corrected chi connectivity index (χ1v) is 5.65. The van der Waals surface area contributed by atoms with Crippen molar-refractivity contribution < 1.29 is 4.39 Å². The molecule has 0 aliphatic rings. The Bertz CT molecular complexity index is 436. The van der Waals surface area contributed by atoms with E-state index in [9.17, 15) is 4.39 Å². The summed E-state index contributed by atoms with van der Waals surface area (Å²) in [6.45, 7) is 2.06. The first kappa shape index (κ1) is 10.2. The zero-order valence-corrected chi connectivity index (χ0v) is 9.22. The van der Waals surface area contributed by atoms with Crippen LogP contribution in [0, 0.1) is 5.82 Å². The summed E-state index contributed by atoms with van der Waals surface area (Å²) in [6, 6.07) is 6.50. The Balaban J connectivity index is 2.11. The van der Waals surface area contributed by atoms with Crippen LogP contribution in [0.15, 0.2) is 24.3 Å². The number of rotatable bonds is 3. The van der Waals surface area contributed by atoms with Gasteiger partial charge >= 0.3 is 0 Å². The van der Waals surface area contributed by atoms with E-state index in [4.69, 9.17) is 0 Å². The van der Waals surface area contributed by atoms with Gasteiger partial charge in [-0.25, -0.2) is 4.39 Å². The van der Waals surface area contributed by atoms with Crippen molar-refractivity contribution in [2.45, 2.75) is 19.8 Å². The van der Waals surface area contributed by atoms with Crippen LogP contribution in [0.2, 0.25) is 0 Å². The predicted octanol–water partition coefficient (Wildman–Crippen LogP) is 2.83. The average molecular weight is 222 g/mol.